The number of thiazole rings is 1. The van der Waals surface area contributed by atoms with Crippen molar-refractivity contribution >= 4 is 46.3 Å². The fraction of sp³-hybridized carbons (Fsp3) is 0.292. The molecule has 186 valence electrons. The summed E-state index contributed by atoms with van der Waals surface area (Å²) in [7, 11) is 0. The topological polar surface area (TPSA) is 76.5 Å². The summed E-state index contributed by atoms with van der Waals surface area (Å²) in [6.45, 7) is 4.42. The van der Waals surface area contributed by atoms with Gasteiger partial charge in [-0.25, -0.2) is 9.78 Å². The van der Waals surface area contributed by atoms with Gasteiger partial charge in [-0.05, 0) is 51.0 Å². The number of aromatic nitrogens is 1. The summed E-state index contributed by atoms with van der Waals surface area (Å²) in [5.74, 6) is -1.26. The van der Waals surface area contributed by atoms with Gasteiger partial charge >= 0.3 is 12.1 Å². The maximum absolute atomic E-state index is 12.9. The number of nitrogens with zero attached hydrogens (tertiary/aromatic N) is 1. The summed E-state index contributed by atoms with van der Waals surface area (Å²) in [6, 6.07) is 7.72. The lowest BCUT2D eigenvalue weighted by molar-refractivity contribution is -0.152. The average Bonchev–Trinajstić information content (AvgIpc) is 3.17. The molecule has 0 atom stereocenters. The van der Waals surface area contributed by atoms with Crippen LogP contribution in [0.15, 0.2) is 36.4 Å². The number of carbonyl (C=O) groups is 2. The van der Waals surface area contributed by atoms with Crippen LogP contribution >= 0.6 is 34.5 Å². The molecule has 3 aromatic rings. The Morgan fingerprint density at radius 3 is 2.26 bits per heavy atom. The number of aryl methyl sites for hydroxylation is 2. The van der Waals surface area contributed by atoms with Gasteiger partial charge in [-0.15, -0.1) is 11.3 Å². The number of alkyl halides is 3. The van der Waals surface area contributed by atoms with Gasteiger partial charge in [0, 0.05) is 12.0 Å². The molecule has 1 N–H and O–H groups in total. The smallest absolute Gasteiger partial charge is 0.416 e. The maximum atomic E-state index is 12.9. The fourth-order valence-corrected chi connectivity index (χ4v) is 4.62. The Morgan fingerprint density at radius 2 is 1.69 bits per heavy atom. The number of hydrogen-bond donors (Lipinski definition) is 1. The van der Waals surface area contributed by atoms with Gasteiger partial charge in [0.1, 0.15) is 15.8 Å². The number of Topliss-reactive ketones (excluding diaryl/α,β-unsaturated/α-hetero) is 1. The lowest BCUT2D eigenvalue weighted by Gasteiger charge is -2.23. The van der Waals surface area contributed by atoms with Crippen molar-refractivity contribution in [3.8, 4) is 16.3 Å². The number of halogens is 5. The summed E-state index contributed by atoms with van der Waals surface area (Å²) >= 11 is 13.7. The predicted octanol–water partition coefficient (Wildman–Crippen LogP) is 7.50. The number of ketones is 1. The van der Waals surface area contributed by atoms with Crippen LogP contribution in [0, 0.1) is 6.92 Å². The van der Waals surface area contributed by atoms with Gasteiger partial charge in [-0.1, -0.05) is 41.4 Å². The zero-order valence-corrected chi connectivity index (χ0v) is 21.1. The molecule has 0 amide bonds. The maximum Gasteiger partial charge on any atom is 0.416 e. The Labute approximate surface area is 213 Å². The number of ether oxygens (including phenoxy) is 1. The second kappa shape index (κ2) is 10.2. The molecule has 0 fully saturated rings. The second-order valence-electron chi connectivity index (χ2n) is 8.20. The monoisotopic (exact) mass is 545 g/mol. The zero-order valence-electron chi connectivity index (χ0n) is 18.8. The van der Waals surface area contributed by atoms with Crippen molar-refractivity contribution in [3.63, 3.8) is 0 Å². The highest BCUT2D eigenvalue weighted by Gasteiger charge is 2.31. The molecule has 0 aliphatic carbocycles. The molecule has 5 nitrogen and oxygen atoms in total. The van der Waals surface area contributed by atoms with E-state index in [9.17, 15) is 27.9 Å². The van der Waals surface area contributed by atoms with Crippen LogP contribution in [0.4, 0.5) is 13.2 Å². The first kappa shape index (κ1) is 27.0. The molecular weight excluding hydrogens is 526 g/mol. The third kappa shape index (κ3) is 6.15. The highest BCUT2D eigenvalue weighted by molar-refractivity contribution is 7.17. The van der Waals surface area contributed by atoms with Crippen LogP contribution in [0.1, 0.15) is 46.8 Å². The molecule has 2 aromatic carbocycles. The van der Waals surface area contributed by atoms with E-state index in [0.717, 1.165) is 23.5 Å². The van der Waals surface area contributed by atoms with E-state index in [2.05, 4.69) is 4.98 Å². The van der Waals surface area contributed by atoms with Crippen LogP contribution in [0.25, 0.3) is 10.6 Å². The lowest BCUT2D eigenvalue weighted by atomic mass is 10.1. The quantitative estimate of drug-likeness (QED) is 0.296. The first-order valence-corrected chi connectivity index (χ1v) is 11.9. The first-order chi connectivity index (χ1) is 16.2. The highest BCUT2D eigenvalue weighted by Crippen LogP contribution is 2.38. The van der Waals surface area contributed by atoms with Crippen molar-refractivity contribution in [1.29, 1.82) is 0 Å². The SMILES string of the molecule is Cc1nc(-c2ccc(C(F)(F)F)cc2)sc1C(=O)CCc1ccc(OC(C)(C)C(=O)O)c(Cl)c1Cl. The van der Waals surface area contributed by atoms with E-state index in [1.54, 1.807) is 13.0 Å². The van der Waals surface area contributed by atoms with E-state index in [1.807, 2.05) is 0 Å². The summed E-state index contributed by atoms with van der Waals surface area (Å²) in [5, 5.41) is 9.87. The van der Waals surface area contributed by atoms with Crippen LogP contribution in [0.5, 0.6) is 5.75 Å². The number of carboxylic acids is 1. The molecule has 0 bridgehead atoms. The molecule has 1 aromatic heterocycles. The largest absolute Gasteiger partial charge is 0.478 e. The first-order valence-electron chi connectivity index (χ1n) is 10.3. The number of carboxylic acid groups (broad SMARTS) is 1. The van der Waals surface area contributed by atoms with Gasteiger partial charge in [-0.3, -0.25) is 4.79 Å². The number of aliphatic carboxylic acids is 1. The molecule has 0 spiro atoms. The molecule has 0 saturated heterocycles. The number of rotatable bonds is 8. The lowest BCUT2D eigenvalue weighted by Crippen LogP contribution is -2.38. The van der Waals surface area contributed by atoms with Gasteiger partial charge in [0.2, 0.25) is 0 Å². The molecule has 0 radical (unpaired) electrons. The molecule has 35 heavy (non-hydrogen) atoms. The minimum absolute atomic E-state index is 0.0458. The van der Waals surface area contributed by atoms with Crippen molar-refractivity contribution in [1.82, 2.24) is 4.98 Å². The molecule has 11 heteroatoms. The zero-order chi connectivity index (χ0) is 26.1. The Kier molecular flexibility index (Phi) is 7.83. The van der Waals surface area contributed by atoms with E-state index in [1.165, 1.54) is 32.0 Å². The third-order valence-electron chi connectivity index (χ3n) is 5.14. The molecular formula is C24H20Cl2F3NO4S. The number of carbonyl (C=O) groups excluding carboxylic acids is 1. The molecule has 0 aliphatic rings. The third-order valence-corrected chi connectivity index (χ3v) is 7.29. The van der Waals surface area contributed by atoms with Crippen LogP contribution in [0.2, 0.25) is 10.0 Å². The van der Waals surface area contributed by atoms with E-state index in [4.69, 9.17) is 27.9 Å². The van der Waals surface area contributed by atoms with Crippen molar-refractivity contribution < 1.29 is 32.6 Å². The fourth-order valence-electron chi connectivity index (χ4n) is 3.10. The number of hydrogen-bond acceptors (Lipinski definition) is 5. The standard InChI is InChI=1S/C24H20Cl2F3NO4S/c1-12-20(35-21(30-12)14-4-8-15(9-5-14)24(27,28)29)16(31)10-6-13-7-11-17(19(26)18(13)25)34-23(2,3)22(32)33/h4-5,7-9,11H,6,10H2,1-3H3,(H,32,33). The van der Waals surface area contributed by atoms with Crippen molar-refractivity contribution in [2.24, 2.45) is 0 Å². The Hall–Kier alpha value is -2.62. The molecule has 3 rings (SSSR count). The van der Waals surface area contributed by atoms with Crippen LogP contribution < -0.4 is 4.74 Å². The van der Waals surface area contributed by atoms with Gasteiger partial charge in [-0.2, -0.15) is 13.2 Å². The summed E-state index contributed by atoms with van der Waals surface area (Å²) in [5.41, 5.74) is -0.725. The Morgan fingerprint density at radius 1 is 1.06 bits per heavy atom. The predicted molar refractivity (Wildman–Crippen MR) is 129 cm³/mol. The van der Waals surface area contributed by atoms with E-state index in [-0.39, 0.29) is 34.4 Å². The van der Waals surface area contributed by atoms with Gasteiger partial charge < -0.3 is 9.84 Å². The van der Waals surface area contributed by atoms with Crippen LogP contribution in [0.3, 0.4) is 0 Å². The van der Waals surface area contributed by atoms with Crippen LogP contribution in [-0.2, 0) is 17.4 Å². The van der Waals surface area contributed by atoms with Crippen molar-refractivity contribution in [2.75, 3.05) is 0 Å². The second-order valence-corrected chi connectivity index (χ2v) is 9.96. The summed E-state index contributed by atoms with van der Waals surface area (Å²) in [6.07, 6.45) is -4.08. The Balaban J connectivity index is 1.73. The van der Waals surface area contributed by atoms with E-state index >= 15 is 0 Å². The molecule has 1 heterocycles. The van der Waals surface area contributed by atoms with Gasteiger partial charge in [0.05, 0.1) is 21.2 Å². The van der Waals surface area contributed by atoms with Gasteiger partial charge in [0.15, 0.2) is 11.4 Å². The van der Waals surface area contributed by atoms with E-state index < -0.39 is 23.3 Å². The van der Waals surface area contributed by atoms with E-state index in [0.29, 0.717) is 26.7 Å². The van der Waals surface area contributed by atoms with Gasteiger partial charge in [0.25, 0.3) is 0 Å². The normalized spacial score (nSPS) is 12.0. The Bertz CT molecular complexity index is 1270. The summed E-state index contributed by atoms with van der Waals surface area (Å²) < 4.78 is 43.8. The highest BCUT2D eigenvalue weighted by atomic mass is 35.5. The van der Waals surface area contributed by atoms with Crippen molar-refractivity contribution in [3.05, 3.63) is 68.1 Å². The summed E-state index contributed by atoms with van der Waals surface area (Å²) in [4.78, 5) is 28.9. The molecule has 0 unspecified atom stereocenters. The average molecular weight is 546 g/mol. The minimum atomic E-state index is -4.43. The minimum Gasteiger partial charge on any atom is -0.478 e. The molecule has 0 saturated carbocycles. The van der Waals surface area contributed by atoms with Crippen molar-refractivity contribution in [2.45, 2.75) is 45.4 Å². The van der Waals surface area contributed by atoms with Crippen LogP contribution in [-0.4, -0.2) is 27.4 Å². The molecule has 0 aliphatic heterocycles. The number of benzene rings is 2.